The molecule has 0 bridgehead atoms. The van der Waals surface area contributed by atoms with Gasteiger partial charge in [0.2, 0.25) is 0 Å². The molecule has 0 spiro atoms. The van der Waals surface area contributed by atoms with Crippen molar-refractivity contribution >= 4 is 17.0 Å². The first-order valence-corrected chi connectivity index (χ1v) is 8.30. The van der Waals surface area contributed by atoms with Crippen LogP contribution in [-0.2, 0) is 0 Å². The van der Waals surface area contributed by atoms with Crippen LogP contribution in [0, 0.1) is 6.92 Å². The average Bonchev–Trinajstić information content (AvgIpc) is 2.55. The summed E-state index contributed by atoms with van der Waals surface area (Å²) in [6, 6.07) is 4.51. The number of aliphatic hydroxyl groups is 1. The van der Waals surface area contributed by atoms with Gasteiger partial charge in [0.05, 0.1) is 6.61 Å². The van der Waals surface area contributed by atoms with Crippen LogP contribution in [0.1, 0.15) is 30.5 Å². The number of allylic oxidation sites excluding steroid dienone is 1. The van der Waals surface area contributed by atoms with Crippen LogP contribution in [0.3, 0.4) is 0 Å². The Labute approximate surface area is 140 Å². The molecule has 1 N–H and O–H groups in total. The Morgan fingerprint density at radius 2 is 1.83 bits per heavy atom. The van der Waals surface area contributed by atoms with E-state index >= 15 is 0 Å². The number of benzene rings is 1. The zero-order valence-corrected chi connectivity index (χ0v) is 14.9. The van der Waals surface area contributed by atoms with E-state index in [1.807, 2.05) is 7.05 Å². The predicted octanol–water partition coefficient (Wildman–Crippen LogP) is 2.58. The summed E-state index contributed by atoms with van der Waals surface area (Å²) < 4.78 is 0. The lowest BCUT2D eigenvalue weighted by Crippen LogP contribution is -2.47. The summed E-state index contributed by atoms with van der Waals surface area (Å²) in [5.41, 5.74) is 7.06. The summed E-state index contributed by atoms with van der Waals surface area (Å²) in [5, 5.41) is 9.08. The number of rotatable bonds is 5. The summed E-state index contributed by atoms with van der Waals surface area (Å²) in [5.74, 6) is 0. The number of hydrogen-bond acceptors (Lipinski definition) is 4. The second-order valence-corrected chi connectivity index (χ2v) is 6.33. The van der Waals surface area contributed by atoms with Gasteiger partial charge in [-0.1, -0.05) is 12.2 Å². The zero-order chi connectivity index (χ0) is 17.0. The maximum atomic E-state index is 9.08. The SMILES string of the molecule is C=C(C)c1cc(C)c(N2CCN(CCO)CC2)cc1/C(C)=N\C. The summed E-state index contributed by atoms with van der Waals surface area (Å²) in [6.07, 6.45) is 0. The van der Waals surface area contributed by atoms with E-state index in [9.17, 15) is 0 Å². The molecule has 1 aliphatic rings. The number of anilines is 1. The molecule has 1 heterocycles. The number of aliphatic imine (C=N–C) groups is 1. The maximum absolute atomic E-state index is 9.08. The fraction of sp³-hybridized carbons (Fsp3) is 0.526. The smallest absolute Gasteiger partial charge is 0.0558 e. The number of hydrogen-bond donors (Lipinski definition) is 1. The van der Waals surface area contributed by atoms with E-state index in [0.717, 1.165) is 44.0 Å². The fourth-order valence-electron chi connectivity index (χ4n) is 3.16. The lowest BCUT2D eigenvalue weighted by molar-refractivity contribution is 0.188. The molecule has 126 valence electrons. The molecule has 1 aliphatic heterocycles. The van der Waals surface area contributed by atoms with Crippen molar-refractivity contribution in [2.24, 2.45) is 4.99 Å². The van der Waals surface area contributed by atoms with Gasteiger partial charge in [0.1, 0.15) is 0 Å². The molecular weight excluding hydrogens is 286 g/mol. The van der Waals surface area contributed by atoms with Crippen LogP contribution in [0.15, 0.2) is 23.7 Å². The summed E-state index contributed by atoms with van der Waals surface area (Å²) in [4.78, 5) is 9.13. The molecule has 1 aromatic carbocycles. The second kappa shape index (κ2) is 7.75. The molecule has 0 aliphatic carbocycles. The lowest BCUT2D eigenvalue weighted by atomic mass is 9.94. The van der Waals surface area contributed by atoms with Gasteiger partial charge in [-0.25, -0.2) is 0 Å². The van der Waals surface area contributed by atoms with Gasteiger partial charge in [-0.2, -0.15) is 0 Å². The topological polar surface area (TPSA) is 39.1 Å². The van der Waals surface area contributed by atoms with Gasteiger partial charge < -0.3 is 10.0 Å². The van der Waals surface area contributed by atoms with Crippen LogP contribution in [0.25, 0.3) is 5.57 Å². The largest absolute Gasteiger partial charge is 0.395 e. The van der Waals surface area contributed by atoms with E-state index in [4.69, 9.17) is 5.11 Å². The number of aliphatic hydroxyl groups excluding tert-OH is 1. The third-order valence-corrected chi connectivity index (χ3v) is 4.65. The van der Waals surface area contributed by atoms with Gasteiger partial charge in [-0.05, 0) is 44.0 Å². The minimum atomic E-state index is 0.239. The minimum Gasteiger partial charge on any atom is -0.395 e. The van der Waals surface area contributed by atoms with Crippen LogP contribution < -0.4 is 4.90 Å². The zero-order valence-electron chi connectivity index (χ0n) is 14.9. The van der Waals surface area contributed by atoms with Crippen LogP contribution in [0.2, 0.25) is 0 Å². The van der Waals surface area contributed by atoms with Crippen molar-refractivity contribution in [3.05, 3.63) is 35.4 Å². The first-order valence-electron chi connectivity index (χ1n) is 8.30. The number of piperazine rings is 1. The predicted molar refractivity (Wildman–Crippen MR) is 99.8 cm³/mol. The first-order chi connectivity index (χ1) is 11.0. The van der Waals surface area contributed by atoms with E-state index in [1.165, 1.54) is 22.4 Å². The molecule has 0 unspecified atom stereocenters. The summed E-state index contributed by atoms with van der Waals surface area (Å²) in [7, 11) is 1.84. The Morgan fingerprint density at radius 1 is 1.17 bits per heavy atom. The van der Waals surface area contributed by atoms with Crippen molar-refractivity contribution < 1.29 is 5.11 Å². The standard InChI is InChI=1S/C19H29N3O/c1-14(2)17-12-15(3)19(13-18(17)16(4)20-5)22-8-6-21(7-9-22)10-11-23/h12-13,23H,1,6-11H2,2-5H3/b20-16-. The van der Waals surface area contributed by atoms with E-state index in [2.05, 4.69) is 54.3 Å². The molecule has 23 heavy (non-hydrogen) atoms. The Morgan fingerprint density at radius 3 is 2.35 bits per heavy atom. The molecule has 0 amide bonds. The van der Waals surface area contributed by atoms with E-state index in [-0.39, 0.29) is 6.61 Å². The summed E-state index contributed by atoms with van der Waals surface area (Å²) in [6.45, 7) is 15.4. The van der Waals surface area contributed by atoms with Gasteiger partial charge in [0.25, 0.3) is 0 Å². The molecule has 0 aromatic heterocycles. The van der Waals surface area contributed by atoms with Gasteiger partial charge in [0, 0.05) is 56.7 Å². The van der Waals surface area contributed by atoms with Crippen LogP contribution in [0.4, 0.5) is 5.69 Å². The Bertz CT molecular complexity index is 599. The third-order valence-electron chi connectivity index (χ3n) is 4.65. The van der Waals surface area contributed by atoms with Crippen molar-refractivity contribution in [3.63, 3.8) is 0 Å². The van der Waals surface area contributed by atoms with Crippen LogP contribution >= 0.6 is 0 Å². The van der Waals surface area contributed by atoms with Crippen molar-refractivity contribution in [3.8, 4) is 0 Å². The number of β-amino-alcohol motifs (C(OH)–C–C–N with tert-alkyl or cyclic N) is 1. The molecule has 1 aromatic rings. The molecular formula is C19H29N3O. The Kier molecular flexibility index (Phi) is 5.97. The Hall–Kier alpha value is -1.65. The first kappa shape index (κ1) is 17.7. The maximum Gasteiger partial charge on any atom is 0.0558 e. The highest BCUT2D eigenvalue weighted by Crippen LogP contribution is 2.29. The third kappa shape index (κ3) is 4.01. The van der Waals surface area contributed by atoms with Crippen molar-refractivity contribution in [2.75, 3.05) is 51.3 Å². The lowest BCUT2D eigenvalue weighted by Gasteiger charge is -2.37. The molecule has 4 nitrogen and oxygen atoms in total. The average molecular weight is 315 g/mol. The van der Waals surface area contributed by atoms with Crippen molar-refractivity contribution in [1.82, 2.24) is 4.90 Å². The molecule has 4 heteroatoms. The van der Waals surface area contributed by atoms with Crippen molar-refractivity contribution in [1.29, 1.82) is 0 Å². The van der Waals surface area contributed by atoms with E-state index < -0.39 is 0 Å². The highest BCUT2D eigenvalue weighted by atomic mass is 16.3. The Balaban J connectivity index is 2.31. The molecule has 1 fully saturated rings. The fourth-order valence-corrected chi connectivity index (χ4v) is 3.16. The normalized spacial score (nSPS) is 16.7. The van der Waals surface area contributed by atoms with Gasteiger partial charge in [0.15, 0.2) is 0 Å². The number of nitrogens with zero attached hydrogens (tertiary/aromatic N) is 3. The van der Waals surface area contributed by atoms with Gasteiger partial charge >= 0.3 is 0 Å². The molecule has 2 rings (SSSR count). The molecule has 0 saturated carbocycles. The molecule has 1 saturated heterocycles. The summed E-state index contributed by atoms with van der Waals surface area (Å²) >= 11 is 0. The van der Waals surface area contributed by atoms with Gasteiger partial charge in [-0.3, -0.25) is 9.89 Å². The minimum absolute atomic E-state index is 0.239. The highest BCUT2D eigenvalue weighted by Gasteiger charge is 2.20. The van der Waals surface area contributed by atoms with Gasteiger partial charge in [-0.15, -0.1) is 0 Å². The quantitative estimate of drug-likeness (QED) is 0.849. The highest BCUT2D eigenvalue weighted by molar-refractivity contribution is 6.03. The molecule has 0 radical (unpaired) electrons. The second-order valence-electron chi connectivity index (χ2n) is 6.33. The number of aryl methyl sites for hydroxylation is 1. The van der Waals surface area contributed by atoms with Crippen LogP contribution in [0.5, 0.6) is 0 Å². The van der Waals surface area contributed by atoms with E-state index in [0.29, 0.717) is 0 Å². The van der Waals surface area contributed by atoms with Crippen LogP contribution in [-0.4, -0.2) is 62.1 Å². The monoisotopic (exact) mass is 315 g/mol. The van der Waals surface area contributed by atoms with Crippen molar-refractivity contribution in [2.45, 2.75) is 20.8 Å². The molecule has 0 atom stereocenters. The van der Waals surface area contributed by atoms with E-state index in [1.54, 1.807) is 0 Å².